The van der Waals surface area contributed by atoms with E-state index in [2.05, 4.69) is 34.7 Å². The smallest absolute Gasteiger partial charge is 0.257 e. The molecular weight excluding hydrogens is 426 g/mol. The van der Waals surface area contributed by atoms with E-state index >= 15 is 0 Å². The second kappa shape index (κ2) is 8.32. The molecule has 2 heterocycles. The largest absolute Gasteiger partial charge is 0.454 e. The molecule has 5 rings (SSSR count). The molecule has 0 bridgehead atoms. The fourth-order valence-corrected chi connectivity index (χ4v) is 3.60. The molecule has 0 saturated carbocycles. The van der Waals surface area contributed by atoms with Crippen LogP contribution < -0.4 is 20.1 Å². The molecule has 0 spiro atoms. The number of thiocarbonyl (C=S) groups is 1. The van der Waals surface area contributed by atoms with Crippen LogP contribution in [-0.2, 0) is 6.42 Å². The van der Waals surface area contributed by atoms with E-state index in [9.17, 15) is 4.79 Å². The van der Waals surface area contributed by atoms with Crippen LogP contribution in [0.4, 0.5) is 5.69 Å². The van der Waals surface area contributed by atoms with Crippen LogP contribution in [0.15, 0.2) is 65.1 Å². The highest BCUT2D eigenvalue weighted by molar-refractivity contribution is 7.80. The van der Waals surface area contributed by atoms with E-state index in [1.54, 1.807) is 18.2 Å². The van der Waals surface area contributed by atoms with Gasteiger partial charge in [0.25, 0.3) is 5.91 Å². The summed E-state index contributed by atoms with van der Waals surface area (Å²) in [4.78, 5) is 17.1. The van der Waals surface area contributed by atoms with Crippen molar-refractivity contribution in [1.29, 1.82) is 0 Å². The lowest BCUT2D eigenvalue weighted by Crippen LogP contribution is -2.34. The number of ether oxygens (including phenoxy) is 2. The van der Waals surface area contributed by atoms with E-state index in [4.69, 9.17) is 26.1 Å². The van der Waals surface area contributed by atoms with Crippen LogP contribution in [0.1, 0.15) is 22.8 Å². The first kappa shape index (κ1) is 20.0. The van der Waals surface area contributed by atoms with Gasteiger partial charge in [-0.25, -0.2) is 4.98 Å². The van der Waals surface area contributed by atoms with Gasteiger partial charge in [0.1, 0.15) is 5.52 Å². The third kappa shape index (κ3) is 4.00. The van der Waals surface area contributed by atoms with Crippen LogP contribution in [0, 0.1) is 0 Å². The van der Waals surface area contributed by atoms with Gasteiger partial charge in [-0.15, -0.1) is 0 Å². The Morgan fingerprint density at radius 2 is 1.84 bits per heavy atom. The van der Waals surface area contributed by atoms with Crippen LogP contribution >= 0.6 is 12.2 Å². The molecule has 0 radical (unpaired) electrons. The Morgan fingerprint density at radius 1 is 1.03 bits per heavy atom. The van der Waals surface area contributed by atoms with Gasteiger partial charge in [-0.2, -0.15) is 0 Å². The SMILES string of the molecule is CCc1ccc(-c2nc3cc(NC(=S)NC(=O)c4ccc5c(c4)OCO5)ccc3o2)cc1. The van der Waals surface area contributed by atoms with Crippen molar-refractivity contribution in [3.8, 4) is 23.0 Å². The molecule has 8 heteroatoms. The van der Waals surface area contributed by atoms with Gasteiger partial charge in [-0.3, -0.25) is 10.1 Å². The lowest BCUT2D eigenvalue weighted by atomic mass is 10.1. The minimum atomic E-state index is -0.346. The zero-order chi connectivity index (χ0) is 22.1. The Morgan fingerprint density at radius 3 is 2.66 bits per heavy atom. The maximum atomic E-state index is 12.5. The summed E-state index contributed by atoms with van der Waals surface area (Å²) in [6.45, 7) is 2.27. The van der Waals surface area contributed by atoms with E-state index in [-0.39, 0.29) is 17.8 Å². The van der Waals surface area contributed by atoms with E-state index in [0.29, 0.717) is 39.7 Å². The number of hydrogen-bond donors (Lipinski definition) is 2. The molecule has 1 amide bonds. The summed E-state index contributed by atoms with van der Waals surface area (Å²) in [6, 6.07) is 18.6. The average Bonchev–Trinajstić information content (AvgIpc) is 3.45. The minimum Gasteiger partial charge on any atom is -0.454 e. The molecule has 0 fully saturated rings. The second-order valence-corrected chi connectivity index (χ2v) is 7.64. The van der Waals surface area contributed by atoms with E-state index in [0.717, 1.165) is 12.0 Å². The summed E-state index contributed by atoms with van der Waals surface area (Å²) in [6.07, 6.45) is 0.980. The van der Waals surface area contributed by atoms with Gasteiger partial charge in [0.2, 0.25) is 12.7 Å². The Kier molecular flexibility index (Phi) is 5.20. The first-order chi connectivity index (χ1) is 15.6. The molecule has 1 aromatic heterocycles. The molecular formula is C24H19N3O4S. The molecule has 3 aromatic carbocycles. The highest BCUT2D eigenvalue weighted by Crippen LogP contribution is 2.32. The summed E-state index contributed by atoms with van der Waals surface area (Å²) in [5.74, 6) is 1.36. The van der Waals surface area contributed by atoms with Gasteiger partial charge in [0.15, 0.2) is 22.2 Å². The third-order valence-corrected chi connectivity index (χ3v) is 5.32. The lowest BCUT2D eigenvalue weighted by molar-refractivity contribution is 0.0977. The fraction of sp³-hybridized carbons (Fsp3) is 0.125. The van der Waals surface area contributed by atoms with E-state index in [1.165, 1.54) is 5.56 Å². The van der Waals surface area contributed by atoms with Crippen LogP contribution in [-0.4, -0.2) is 22.8 Å². The van der Waals surface area contributed by atoms with Gasteiger partial charge in [0, 0.05) is 16.8 Å². The molecule has 1 aliphatic rings. The van der Waals surface area contributed by atoms with Crippen LogP contribution in [0.25, 0.3) is 22.6 Å². The minimum absolute atomic E-state index is 0.149. The van der Waals surface area contributed by atoms with Crippen molar-refractivity contribution in [2.45, 2.75) is 13.3 Å². The molecule has 7 nitrogen and oxygen atoms in total. The Labute approximate surface area is 189 Å². The van der Waals surface area contributed by atoms with Gasteiger partial charge in [0.05, 0.1) is 0 Å². The van der Waals surface area contributed by atoms with E-state index in [1.807, 2.05) is 30.3 Å². The predicted molar refractivity (Wildman–Crippen MR) is 125 cm³/mol. The third-order valence-electron chi connectivity index (χ3n) is 5.12. The fourth-order valence-electron chi connectivity index (χ4n) is 3.39. The molecule has 0 atom stereocenters. The Hall–Kier alpha value is -3.91. The molecule has 0 saturated heterocycles. The first-order valence-electron chi connectivity index (χ1n) is 10.1. The predicted octanol–water partition coefficient (Wildman–Crippen LogP) is 4.91. The maximum absolute atomic E-state index is 12.5. The number of anilines is 1. The quantitative estimate of drug-likeness (QED) is 0.432. The number of aryl methyl sites for hydroxylation is 1. The maximum Gasteiger partial charge on any atom is 0.257 e. The number of oxazole rings is 1. The highest BCUT2D eigenvalue weighted by atomic mass is 32.1. The number of carbonyl (C=O) groups excluding carboxylic acids is 1. The number of fused-ring (bicyclic) bond motifs is 2. The number of nitrogens with zero attached hydrogens (tertiary/aromatic N) is 1. The number of rotatable bonds is 4. The Bertz CT molecular complexity index is 1330. The average molecular weight is 446 g/mol. The molecule has 160 valence electrons. The van der Waals surface area contributed by atoms with Crippen molar-refractivity contribution in [3.05, 3.63) is 71.8 Å². The van der Waals surface area contributed by atoms with E-state index < -0.39 is 0 Å². The summed E-state index contributed by atoms with van der Waals surface area (Å²) in [7, 11) is 0. The second-order valence-electron chi connectivity index (χ2n) is 7.23. The van der Waals surface area contributed by atoms with Gasteiger partial charge in [-0.1, -0.05) is 19.1 Å². The first-order valence-corrected chi connectivity index (χ1v) is 10.5. The van der Waals surface area contributed by atoms with Crippen molar-refractivity contribution in [2.75, 3.05) is 12.1 Å². The summed E-state index contributed by atoms with van der Waals surface area (Å²) >= 11 is 5.30. The van der Waals surface area contributed by atoms with Crippen LogP contribution in [0.5, 0.6) is 11.5 Å². The topological polar surface area (TPSA) is 85.6 Å². The molecule has 0 aliphatic carbocycles. The van der Waals surface area contributed by atoms with Crippen molar-refractivity contribution in [1.82, 2.24) is 10.3 Å². The van der Waals surface area contributed by atoms with Gasteiger partial charge >= 0.3 is 0 Å². The zero-order valence-corrected chi connectivity index (χ0v) is 18.0. The normalized spacial score (nSPS) is 12.0. The number of aromatic nitrogens is 1. The van der Waals surface area contributed by atoms with Gasteiger partial charge in [-0.05, 0) is 72.7 Å². The van der Waals surface area contributed by atoms with Crippen molar-refractivity contribution in [2.24, 2.45) is 0 Å². The van der Waals surface area contributed by atoms with Crippen LogP contribution in [0.3, 0.4) is 0 Å². The number of hydrogen-bond acceptors (Lipinski definition) is 6. The number of benzene rings is 3. The number of amides is 1. The monoisotopic (exact) mass is 445 g/mol. The van der Waals surface area contributed by atoms with Crippen molar-refractivity contribution < 1.29 is 18.7 Å². The Balaban J connectivity index is 1.28. The van der Waals surface area contributed by atoms with Crippen LogP contribution in [0.2, 0.25) is 0 Å². The highest BCUT2D eigenvalue weighted by Gasteiger charge is 2.17. The summed E-state index contributed by atoms with van der Waals surface area (Å²) in [5.41, 5.74) is 4.64. The summed E-state index contributed by atoms with van der Waals surface area (Å²) in [5, 5.41) is 5.85. The summed E-state index contributed by atoms with van der Waals surface area (Å²) < 4.78 is 16.5. The van der Waals surface area contributed by atoms with Crippen molar-refractivity contribution in [3.63, 3.8) is 0 Å². The zero-order valence-electron chi connectivity index (χ0n) is 17.2. The number of nitrogens with one attached hydrogen (secondary N) is 2. The standard InChI is InChI=1S/C24H19N3O4S/c1-2-14-3-5-15(6-4-14)23-26-18-12-17(8-10-19(18)31-23)25-24(32)27-22(28)16-7-9-20-21(11-16)30-13-29-20/h3-12H,2,13H2,1H3,(H2,25,27,28,32). The molecule has 2 N–H and O–H groups in total. The molecule has 4 aromatic rings. The molecule has 0 unspecified atom stereocenters. The van der Waals surface area contributed by atoms with Crippen molar-refractivity contribution >= 4 is 40.0 Å². The molecule has 1 aliphatic heterocycles. The molecule has 32 heavy (non-hydrogen) atoms. The van der Waals surface area contributed by atoms with Gasteiger partial charge < -0.3 is 19.2 Å². The number of carbonyl (C=O) groups is 1. The lowest BCUT2D eigenvalue weighted by Gasteiger charge is -2.09.